The highest BCUT2D eigenvalue weighted by Gasteiger charge is 2.53. The van der Waals surface area contributed by atoms with Gasteiger partial charge in [0.2, 0.25) is 0 Å². The molecule has 1 aliphatic carbocycles. The van der Waals surface area contributed by atoms with Crippen LogP contribution in [0.5, 0.6) is 5.75 Å². The number of rotatable bonds is 8. The predicted octanol–water partition coefficient (Wildman–Crippen LogP) is 4.55. The smallest absolute Gasteiger partial charge is 0.324 e. The highest BCUT2D eigenvalue weighted by molar-refractivity contribution is 6.32. The molecule has 0 N–H and O–H groups in total. The lowest BCUT2D eigenvalue weighted by Crippen LogP contribution is -2.53. The third kappa shape index (κ3) is 5.11. The normalized spacial score (nSPS) is 23.4. The van der Waals surface area contributed by atoms with Crippen LogP contribution in [0.2, 0.25) is 5.02 Å². The Balaban J connectivity index is 1.51. The van der Waals surface area contributed by atoms with E-state index in [0.717, 1.165) is 31.2 Å². The summed E-state index contributed by atoms with van der Waals surface area (Å²) >= 11 is 6.27. The molecule has 0 spiro atoms. The van der Waals surface area contributed by atoms with Crippen molar-refractivity contribution in [1.29, 1.82) is 0 Å². The lowest BCUT2D eigenvalue weighted by molar-refractivity contribution is -0.186. The van der Waals surface area contributed by atoms with Crippen LogP contribution in [0.15, 0.2) is 42.6 Å². The molecule has 1 aliphatic heterocycles. The lowest BCUT2D eigenvalue weighted by Gasteiger charge is -2.42. The number of nitrogens with zero attached hydrogens (tertiary/aromatic N) is 1. The minimum absolute atomic E-state index is 0.0624. The van der Waals surface area contributed by atoms with Gasteiger partial charge in [0, 0.05) is 18.3 Å². The SMILES string of the molecule is COc1ccc(CCC2(C3CCCC3)CC(=O)C(C(=O)Cc3ccccn3)C(=O)O2)cc1Cl. The number of cyclic esters (lactones) is 1. The van der Waals surface area contributed by atoms with Crippen molar-refractivity contribution in [2.24, 2.45) is 11.8 Å². The summed E-state index contributed by atoms with van der Waals surface area (Å²) < 4.78 is 11.3. The number of carbonyl (C=O) groups is 3. The molecule has 2 heterocycles. The summed E-state index contributed by atoms with van der Waals surface area (Å²) in [4.78, 5) is 43.2. The summed E-state index contributed by atoms with van der Waals surface area (Å²) in [6, 6.07) is 10.8. The number of ketones is 2. The van der Waals surface area contributed by atoms with Gasteiger partial charge in [-0.1, -0.05) is 36.6 Å². The summed E-state index contributed by atoms with van der Waals surface area (Å²) in [7, 11) is 1.56. The van der Waals surface area contributed by atoms with Gasteiger partial charge in [0.25, 0.3) is 0 Å². The largest absolute Gasteiger partial charge is 0.495 e. The van der Waals surface area contributed by atoms with Gasteiger partial charge in [-0.3, -0.25) is 19.4 Å². The molecule has 2 atom stereocenters. The van der Waals surface area contributed by atoms with Gasteiger partial charge < -0.3 is 9.47 Å². The van der Waals surface area contributed by atoms with Gasteiger partial charge in [0.05, 0.1) is 18.6 Å². The summed E-state index contributed by atoms with van der Waals surface area (Å²) in [5, 5.41) is 0.516. The molecule has 33 heavy (non-hydrogen) atoms. The average Bonchev–Trinajstić information content (AvgIpc) is 3.34. The average molecular weight is 470 g/mol. The molecule has 1 aromatic heterocycles. The summed E-state index contributed by atoms with van der Waals surface area (Å²) in [5.74, 6) is -2.16. The van der Waals surface area contributed by atoms with Crippen molar-refractivity contribution >= 4 is 29.1 Å². The lowest BCUT2D eigenvalue weighted by atomic mass is 9.73. The second kappa shape index (κ2) is 10.0. The Kier molecular flexibility index (Phi) is 7.13. The first-order chi connectivity index (χ1) is 15.9. The zero-order chi connectivity index (χ0) is 23.4. The maximum absolute atomic E-state index is 13.2. The van der Waals surface area contributed by atoms with Crippen LogP contribution in [0.25, 0.3) is 0 Å². The molecule has 4 rings (SSSR count). The number of benzene rings is 1. The molecule has 0 radical (unpaired) electrons. The van der Waals surface area contributed by atoms with Crippen LogP contribution in [-0.4, -0.2) is 35.2 Å². The van der Waals surface area contributed by atoms with Crippen LogP contribution in [0.4, 0.5) is 0 Å². The number of carbonyl (C=O) groups excluding carboxylic acids is 3. The van der Waals surface area contributed by atoms with Gasteiger partial charge in [0.1, 0.15) is 11.4 Å². The standard InChI is InChI=1S/C26H28ClNO5/c1-32-23-10-9-17(14-20(23)27)11-12-26(18-6-2-3-7-18)16-22(30)24(25(31)33-26)21(29)15-19-8-4-5-13-28-19/h4-5,8-10,13-14,18,24H,2-3,6-7,11-12,15-16H2,1H3. The number of aromatic nitrogens is 1. The van der Waals surface area contributed by atoms with Crippen molar-refractivity contribution < 1.29 is 23.9 Å². The molecule has 1 aromatic carbocycles. The van der Waals surface area contributed by atoms with Crippen molar-refractivity contribution in [2.75, 3.05) is 7.11 Å². The molecule has 174 valence electrons. The van der Waals surface area contributed by atoms with E-state index in [-0.39, 0.29) is 24.5 Å². The van der Waals surface area contributed by atoms with Gasteiger partial charge in [0.15, 0.2) is 17.5 Å². The predicted molar refractivity (Wildman–Crippen MR) is 123 cm³/mol. The van der Waals surface area contributed by atoms with E-state index < -0.39 is 23.3 Å². The maximum atomic E-state index is 13.2. The van der Waals surface area contributed by atoms with Gasteiger partial charge in [-0.15, -0.1) is 0 Å². The molecule has 2 aromatic rings. The fraction of sp³-hybridized carbons (Fsp3) is 0.462. The van der Waals surface area contributed by atoms with Crippen LogP contribution in [0, 0.1) is 11.8 Å². The van der Waals surface area contributed by atoms with Gasteiger partial charge in [-0.05, 0) is 61.4 Å². The van der Waals surface area contributed by atoms with Crippen molar-refractivity contribution in [3.05, 3.63) is 58.9 Å². The van der Waals surface area contributed by atoms with Crippen LogP contribution >= 0.6 is 11.6 Å². The number of halogens is 1. The topological polar surface area (TPSA) is 82.6 Å². The highest BCUT2D eigenvalue weighted by Crippen LogP contribution is 2.45. The Labute approximate surface area is 198 Å². The number of esters is 1. The minimum Gasteiger partial charge on any atom is -0.495 e. The molecule has 6 nitrogen and oxygen atoms in total. The molecule has 1 saturated carbocycles. The second-order valence-electron chi connectivity index (χ2n) is 8.98. The van der Waals surface area contributed by atoms with E-state index in [0.29, 0.717) is 29.3 Å². The minimum atomic E-state index is -1.36. The number of hydrogen-bond acceptors (Lipinski definition) is 6. The van der Waals surface area contributed by atoms with E-state index in [4.69, 9.17) is 21.1 Å². The number of pyridine rings is 1. The van der Waals surface area contributed by atoms with E-state index in [1.54, 1.807) is 31.5 Å². The van der Waals surface area contributed by atoms with Crippen LogP contribution in [0.1, 0.15) is 49.8 Å². The molecule has 1 saturated heterocycles. The Morgan fingerprint density at radius 3 is 2.64 bits per heavy atom. The number of Topliss-reactive ketones (excluding diaryl/α,β-unsaturated/α-hetero) is 2. The Morgan fingerprint density at radius 2 is 2.00 bits per heavy atom. The van der Waals surface area contributed by atoms with E-state index >= 15 is 0 Å². The van der Waals surface area contributed by atoms with Crippen LogP contribution in [0.3, 0.4) is 0 Å². The number of ether oxygens (including phenoxy) is 2. The first kappa shape index (κ1) is 23.4. The molecule has 0 bridgehead atoms. The molecule has 0 amide bonds. The maximum Gasteiger partial charge on any atom is 0.324 e. The fourth-order valence-corrected chi connectivity index (χ4v) is 5.44. The molecule has 7 heteroatoms. The summed E-state index contributed by atoms with van der Waals surface area (Å²) in [5.41, 5.74) is 0.640. The monoisotopic (exact) mass is 469 g/mol. The van der Waals surface area contributed by atoms with Gasteiger partial charge in [-0.2, -0.15) is 0 Å². The number of aryl methyl sites for hydroxylation is 1. The third-order valence-electron chi connectivity index (χ3n) is 6.89. The second-order valence-corrected chi connectivity index (χ2v) is 9.38. The highest BCUT2D eigenvalue weighted by atomic mass is 35.5. The van der Waals surface area contributed by atoms with Crippen molar-refractivity contribution in [3.8, 4) is 5.75 Å². The quantitative estimate of drug-likeness (QED) is 0.416. The zero-order valence-corrected chi connectivity index (χ0v) is 19.5. The van der Waals surface area contributed by atoms with Crippen molar-refractivity contribution in [2.45, 2.75) is 57.0 Å². The van der Waals surface area contributed by atoms with Gasteiger partial charge >= 0.3 is 5.97 Å². The Morgan fingerprint density at radius 1 is 1.21 bits per heavy atom. The number of hydrogen-bond donors (Lipinski definition) is 0. The Bertz CT molecular complexity index is 1010. The van der Waals surface area contributed by atoms with Crippen LogP contribution < -0.4 is 4.74 Å². The first-order valence-electron chi connectivity index (χ1n) is 11.4. The van der Waals surface area contributed by atoms with E-state index in [2.05, 4.69) is 4.98 Å². The summed E-state index contributed by atoms with van der Waals surface area (Å²) in [6.07, 6.45) is 6.64. The van der Waals surface area contributed by atoms with Crippen molar-refractivity contribution in [3.63, 3.8) is 0 Å². The zero-order valence-electron chi connectivity index (χ0n) is 18.7. The fourth-order valence-electron chi connectivity index (χ4n) is 5.16. The van der Waals surface area contributed by atoms with E-state index in [1.165, 1.54) is 0 Å². The molecule has 2 unspecified atom stereocenters. The van der Waals surface area contributed by atoms with E-state index in [1.807, 2.05) is 18.2 Å². The molecule has 2 fully saturated rings. The van der Waals surface area contributed by atoms with E-state index in [9.17, 15) is 14.4 Å². The first-order valence-corrected chi connectivity index (χ1v) is 11.8. The third-order valence-corrected chi connectivity index (χ3v) is 7.19. The van der Waals surface area contributed by atoms with Crippen LogP contribution in [-0.2, 0) is 32.0 Å². The Hall–Kier alpha value is -2.73. The van der Waals surface area contributed by atoms with Crippen molar-refractivity contribution in [1.82, 2.24) is 4.98 Å². The molecular formula is C26H28ClNO5. The molecule has 2 aliphatic rings. The number of methoxy groups -OCH3 is 1. The summed E-state index contributed by atoms with van der Waals surface area (Å²) in [6.45, 7) is 0. The van der Waals surface area contributed by atoms with Gasteiger partial charge in [-0.25, -0.2) is 0 Å². The molecular weight excluding hydrogens is 442 g/mol.